The number of hydrogen-bond donors (Lipinski definition) is 1. The molecule has 0 amide bonds. The number of aromatic nitrogens is 2. The van der Waals surface area contributed by atoms with Crippen molar-refractivity contribution in [3.05, 3.63) is 77.0 Å². The number of carbonyl (C=O) groups is 2. The second-order valence-electron chi connectivity index (χ2n) is 8.09. The largest absolute Gasteiger partial charge is 0.472 e. The van der Waals surface area contributed by atoms with Gasteiger partial charge in [-0.2, -0.15) is 0 Å². The zero-order valence-electron chi connectivity index (χ0n) is 16.9. The number of halogens is 1. The van der Waals surface area contributed by atoms with Gasteiger partial charge in [-0.05, 0) is 42.7 Å². The van der Waals surface area contributed by atoms with Crippen LogP contribution in [0.5, 0.6) is 5.75 Å². The van der Waals surface area contributed by atoms with Crippen molar-refractivity contribution in [3.63, 3.8) is 0 Å². The summed E-state index contributed by atoms with van der Waals surface area (Å²) in [5.41, 5.74) is 1.63. The minimum absolute atomic E-state index is 0.0634. The summed E-state index contributed by atoms with van der Waals surface area (Å²) in [6.45, 7) is 1.55. The minimum atomic E-state index is -1.50. The molecule has 0 radical (unpaired) electrons. The van der Waals surface area contributed by atoms with Crippen LogP contribution >= 0.6 is 0 Å². The molecule has 0 saturated carbocycles. The number of nitrogens with zero attached hydrogens (tertiary/aromatic N) is 2. The third-order valence-corrected chi connectivity index (χ3v) is 5.84. The number of carbonyl (C=O) groups excluding carboxylic acids is 2. The van der Waals surface area contributed by atoms with Gasteiger partial charge in [-0.3, -0.25) is 9.59 Å². The molecule has 0 aliphatic carbocycles. The second-order valence-corrected chi connectivity index (χ2v) is 8.09. The number of anilines is 2. The lowest BCUT2D eigenvalue weighted by Crippen LogP contribution is -2.52. The highest BCUT2D eigenvalue weighted by Crippen LogP contribution is 2.35. The Labute approximate surface area is 178 Å². The number of fused-ring (bicyclic) bond motifs is 2. The Bertz CT molecular complexity index is 1230. The highest BCUT2D eigenvalue weighted by Gasteiger charge is 2.45. The predicted octanol–water partition coefficient (Wildman–Crippen LogP) is 3.73. The molecule has 2 aromatic carbocycles. The van der Waals surface area contributed by atoms with E-state index >= 15 is 0 Å². The molecule has 31 heavy (non-hydrogen) atoms. The molecule has 1 N–H and O–H groups in total. The van der Waals surface area contributed by atoms with Gasteiger partial charge >= 0.3 is 0 Å². The van der Waals surface area contributed by atoms with Crippen molar-refractivity contribution in [1.29, 1.82) is 0 Å². The molecule has 3 aromatic rings. The Morgan fingerprint density at radius 3 is 2.74 bits per heavy atom. The molecule has 6 nitrogen and oxygen atoms in total. The van der Waals surface area contributed by atoms with E-state index in [4.69, 9.17) is 4.74 Å². The third kappa shape index (κ3) is 3.56. The van der Waals surface area contributed by atoms with Crippen LogP contribution in [0.1, 0.15) is 35.9 Å². The van der Waals surface area contributed by atoms with E-state index in [1.807, 2.05) is 24.3 Å². The molecule has 1 aromatic heterocycles. The summed E-state index contributed by atoms with van der Waals surface area (Å²) in [5, 5.41) is 2.97. The fraction of sp³-hybridized carbons (Fsp3) is 0.250. The quantitative estimate of drug-likeness (QED) is 0.562. The van der Waals surface area contributed by atoms with Gasteiger partial charge in [0.05, 0.1) is 6.20 Å². The van der Waals surface area contributed by atoms with E-state index in [9.17, 15) is 14.0 Å². The summed E-state index contributed by atoms with van der Waals surface area (Å²) in [6.07, 6.45) is 2.33. The molecule has 5 heterocycles. The van der Waals surface area contributed by atoms with E-state index in [1.54, 1.807) is 25.1 Å². The van der Waals surface area contributed by atoms with Crippen LogP contribution in [0.2, 0.25) is 0 Å². The van der Waals surface area contributed by atoms with Gasteiger partial charge in [-0.1, -0.05) is 24.3 Å². The highest BCUT2D eigenvalue weighted by molar-refractivity contribution is 6.12. The molecule has 0 saturated heterocycles. The zero-order chi connectivity index (χ0) is 21.6. The van der Waals surface area contributed by atoms with Gasteiger partial charge < -0.3 is 10.1 Å². The Hall–Kier alpha value is -3.61. The SMILES string of the molecule is CC12Oc3ccc(cc3CC1=O)Nc1nc(ncc1F)Cc1cccc(c1)CCC2=O. The van der Waals surface area contributed by atoms with Crippen LogP contribution in [0.3, 0.4) is 0 Å². The van der Waals surface area contributed by atoms with Crippen molar-refractivity contribution in [2.75, 3.05) is 5.32 Å². The average molecular weight is 417 g/mol. The maximum absolute atomic E-state index is 14.4. The van der Waals surface area contributed by atoms with Crippen LogP contribution in [-0.4, -0.2) is 27.1 Å². The van der Waals surface area contributed by atoms with E-state index < -0.39 is 11.4 Å². The van der Waals surface area contributed by atoms with Crippen LogP contribution < -0.4 is 10.1 Å². The van der Waals surface area contributed by atoms with Crippen molar-refractivity contribution in [1.82, 2.24) is 9.97 Å². The van der Waals surface area contributed by atoms with Gasteiger partial charge in [0.15, 0.2) is 23.2 Å². The normalized spacial score (nSPS) is 20.2. The Kier molecular flexibility index (Phi) is 4.54. The first-order valence-electron chi connectivity index (χ1n) is 10.2. The first-order chi connectivity index (χ1) is 14.9. The molecule has 7 heteroatoms. The van der Waals surface area contributed by atoms with E-state index in [2.05, 4.69) is 15.3 Å². The van der Waals surface area contributed by atoms with E-state index in [0.29, 0.717) is 35.7 Å². The van der Waals surface area contributed by atoms with Crippen LogP contribution in [0, 0.1) is 5.82 Å². The summed E-state index contributed by atoms with van der Waals surface area (Å²) in [6, 6.07) is 12.9. The summed E-state index contributed by atoms with van der Waals surface area (Å²) in [7, 11) is 0. The predicted molar refractivity (Wildman–Crippen MR) is 112 cm³/mol. The minimum Gasteiger partial charge on any atom is -0.472 e. The molecule has 0 fully saturated rings. The van der Waals surface area contributed by atoms with Gasteiger partial charge in [0.2, 0.25) is 5.60 Å². The summed E-state index contributed by atoms with van der Waals surface area (Å²) >= 11 is 0. The molecule has 7 rings (SSSR count). The van der Waals surface area contributed by atoms with E-state index in [-0.39, 0.29) is 30.2 Å². The molecule has 0 spiro atoms. The number of hydrogen-bond acceptors (Lipinski definition) is 6. The molecular weight excluding hydrogens is 397 g/mol. The van der Waals surface area contributed by atoms with Gasteiger partial charge in [0.25, 0.3) is 0 Å². The summed E-state index contributed by atoms with van der Waals surface area (Å²) in [5.74, 6) is -0.0650. The standard InChI is InChI=1S/C24H20FN3O3/c1-24-20(29)8-5-14-3-2-4-15(9-14)10-22-26-13-18(25)23(28-22)27-17-6-7-19(31-24)16(11-17)12-21(24)30/h2-4,6-7,9,11,13H,5,8,10,12H2,1H3,(H,26,27,28). The van der Waals surface area contributed by atoms with Gasteiger partial charge in [0.1, 0.15) is 11.6 Å². The maximum Gasteiger partial charge on any atom is 0.222 e. The van der Waals surface area contributed by atoms with Gasteiger partial charge in [0, 0.05) is 30.5 Å². The second kappa shape index (κ2) is 7.27. The first kappa shape index (κ1) is 19.4. The Morgan fingerprint density at radius 2 is 1.87 bits per heavy atom. The summed E-state index contributed by atoms with van der Waals surface area (Å²) in [4.78, 5) is 34.3. The molecule has 1 unspecified atom stereocenters. The van der Waals surface area contributed by atoms with Crippen molar-refractivity contribution in [2.45, 2.75) is 38.2 Å². The lowest BCUT2D eigenvalue weighted by atomic mass is 9.85. The van der Waals surface area contributed by atoms with E-state index in [1.165, 1.54) is 0 Å². The van der Waals surface area contributed by atoms with Gasteiger partial charge in [-0.25, -0.2) is 14.4 Å². The molecule has 1 atom stereocenters. The summed E-state index contributed by atoms with van der Waals surface area (Å²) < 4.78 is 20.3. The lowest BCUT2D eigenvalue weighted by molar-refractivity contribution is -0.147. The smallest absolute Gasteiger partial charge is 0.222 e. The third-order valence-electron chi connectivity index (χ3n) is 5.84. The van der Waals surface area contributed by atoms with E-state index in [0.717, 1.165) is 17.3 Å². The zero-order valence-corrected chi connectivity index (χ0v) is 16.9. The molecule has 4 aliphatic heterocycles. The van der Waals surface area contributed by atoms with Crippen molar-refractivity contribution < 1.29 is 18.7 Å². The number of ketones is 2. The number of aryl methyl sites for hydroxylation is 1. The molecular formula is C24H20FN3O3. The fourth-order valence-electron chi connectivity index (χ4n) is 4.01. The Morgan fingerprint density at radius 1 is 1.03 bits per heavy atom. The van der Waals surface area contributed by atoms with Crippen LogP contribution in [0.4, 0.5) is 15.9 Å². The van der Waals surface area contributed by atoms with Crippen molar-refractivity contribution in [3.8, 4) is 5.75 Å². The fourth-order valence-corrected chi connectivity index (χ4v) is 4.01. The number of nitrogens with one attached hydrogen (secondary N) is 1. The number of rotatable bonds is 0. The lowest BCUT2D eigenvalue weighted by Gasteiger charge is -2.33. The number of Topliss-reactive ketones (excluding diaryl/α,β-unsaturated/α-hetero) is 2. The number of ether oxygens (including phenoxy) is 1. The monoisotopic (exact) mass is 417 g/mol. The van der Waals surface area contributed by atoms with Crippen molar-refractivity contribution >= 4 is 23.1 Å². The van der Waals surface area contributed by atoms with Crippen LogP contribution in [-0.2, 0) is 28.9 Å². The molecule has 156 valence electrons. The highest BCUT2D eigenvalue weighted by atomic mass is 19.1. The number of benzene rings is 2. The maximum atomic E-state index is 14.4. The first-order valence-corrected chi connectivity index (χ1v) is 10.2. The van der Waals surface area contributed by atoms with Gasteiger partial charge in [-0.15, -0.1) is 0 Å². The van der Waals surface area contributed by atoms with Crippen LogP contribution in [0.25, 0.3) is 0 Å². The molecule has 8 bridgehead atoms. The van der Waals surface area contributed by atoms with Crippen LogP contribution in [0.15, 0.2) is 48.7 Å². The average Bonchev–Trinajstić information content (AvgIpc) is 2.75. The molecule has 4 aliphatic rings. The van der Waals surface area contributed by atoms with Crippen molar-refractivity contribution in [2.24, 2.45) is 0 Å². The topological polar surface area (TPSA) is 81.2 Å². The Balaban J connectivity index is 1.61.